The monoisotopic (exact) mass is 459 g/mol. The van der Waals surface area contributed by atoms with E-state index < -0.39 is 5.91 Å². The van der Waals surface area contributed by atoms with Crippen molar-refractivity contribution in [2.75, 3.05) is 52.9 Å². The predicted octanol–water partition coefficient (Wildman–Crippen LogP) is 2.31. The number of carbonyl (C=O) groups is 2. The number of hydrogen-bond acceptors (Lipinski definition) is 7. The van der Waals surface area contributed by atoms with Gasteiger partial charge in [-0.3, -0.25) is 14.9 Å². The van der Waals surface area contributed by atoms with E-state index in [9.17, 15) is 9.59 Å². The number of methoxy groups -OCH3 is 3. The van der Waals surface area contributed by atoms with E-state index in [1.54, 1.807) is 29.2 Å². The third-order valence-corrected chi connectivity index (χ3v) is 5.06. The van der Waals surface area contributed by atoms with Gasteiger partial charge in [-0.05, 0) is 36.5 Å². The maximum absolute atomic E-state index is 12.9. The van der Waals surface area contributed by atoms with Crippen LogP contribution in [-0.2, 0) is 4.74 Å². The van der Waals surface area contributed by atoms with Crippen molar-refractivity contribution < 1.29 is 28.5 Å². The number of benzene rings is 2. The fourth-order valence-corrected chi connectivity index (χ4v) is 3.46. The molecule has 32 heavy (non-hydrogen) atoms. The minimum absolute atomic E-state index is 0.0472. The molecule has 2 amide bonds. The van der Waals surface area contributed by atoms with Gasteiger partial charge in [-0.1, -0.05) is 12.1 Å². The van der Waals surface area contributed by atoms with Crippen LogP contribution in [0.3, 0.4) is 0 Å². The molecule has 10 heteroatoms. The van der Waals surface area contributed by atoms with Gasteiger partial charge in [0.2, 0.25) is 5.75 Å². The molecule has 1 heterocycles. The molecule has 170 valence electrons. The van der Waals surface area contributed by atoms with E-state index in [4.69, 9.17) is 31.2 Å². The second kappa shape index (κ2) is 10.8. The maximum Gasteiger partial charge on any atom is 0.257 e. The molecule has 0 radical (unpaired) electrons. The number of amides is 2. The molecule has 0 spiro atoms. The summed E-state index contributed by atoms with van der Waals surface area (Å²) in [4.78, 5) is 27.4. The zero-order valence-corrected chi connectivity index (χ0v) is 18.9. The van der Waals surface area contributed by atoms with Gasteiger partial charge in [0.25, 0.3) is 11.8 Å². The van der Waals surface area contributed by atoms with Crippen LogP contribution in [0.15, 0.2) is 36.4 Å². The molecule has 2 N–H and O–H groups in total. The van der Waals surface area contributed by atoms with Gasteiger partial charge >= 0.3 is 0 Å². The lowest BCUT2D eigenvalue weighted by atomic mass is 10.1. The topological polar surface area (TPSA) is 98.4 Å². The zero-order chi connectivity index (χ0) is 23.1. The van der Waals surface area contributed by atoms with Crippen molar-refractivity contribution in [2.24, 2.45) is 0 Å². The summed E-state index contributed by atoms with van der Waals surface area (Å²) >= 11 is 5.31. The number of rotatable bonds is 6. The lowest BCUT2D eigenvalue weighted by Gasteiger charge is -2.27. The Bertz CT molecular complexity index is 982. The van der Waals surface area contributed by atoms with Crippen molar-refractivity contribution in [3.8, 4) is 17.2 Å². The molecule has 0 unspecified atom stereocenters. The third-order valence-electron chi connectivity index (χ3n) is 4.86. The Hall–Kier alpha value is -3.37. The Morgan fingerprint density at radius 2 is 1.62 bits per heavy atom. The highest BCUT2D eigenvalue weighted by molar-refractivity contribution is 7.80. The summed E-state index contributed by atoms with van der Waals surface area (Å²) in [7, 11) is 4.41. The molecule has 1 saturated heterocycles. The van der Waals surface area contributed by atoms with Crippen LogP contribution in [0.25, 0.3) is 0 Å². The first-order valence-electron chi connectivity index (χ1n) is 9.86. The van der Waals surface area contributed by atoms with Crippen molar-refractivity contribution in [1.29, 1.82) is 0 Å². The number of hydrogen-bond donors (Lipinski definition) is 2. The van der Waals surface area contributed by atoms with Crippen LogP contribution < -0.4 is 24.8 Å². The lowest BCUT2D eigenvalue weighted by Crippen LogP contribution is -2.41. The normalized spacial score (nSPS) is 13.2. The zero-order valence-electron chi connectivity index (χ0n) is 18.1. The molecule has 1 aliphatic heterocycles. The molecule has 3 rings (SSSR count). The standard InChI is InChI=1S/C22H25N3O6S/c1-28-17-12-14(13-18(29-2)19(17)30-3)20(26)24-22(32)23-16-7-5-4-6-15(16)21(27)25-8-10-31-11-9-25/h4-7,12-13H,8-11H2,1-3H3,(H2,23,24,26,32). The fraction of sp³-hybridized carbons (Fsp3) is 0.318. The average molecular weight is 460 g/mol. The number of nitrogens with one attached hydrogen (secondary N) is 2. The highest BCUT2D eigenvalue weighted by atomic mass is 32.1. The predicted molar refractivity (Wildman–Crippen MR) is 123 cm³/mol. The van der Waals surface area contributed by atoms with Crippen molar-refractivity contribution >= 4 is 34.8 Å². The van der Waals surface area contributed by atoms with Crippen molar-refractivity contribution in [1.82, 2.24) is 10.2 Å². The average Bonchev–Trinajstić information content (AvgIpc) is 2.83. The number of nitrogens with zero attached hydrogens (tertiary/aromatic N) is 1. The first kappa shape index (κ1) is 23.3. The number of thiocarbonyl (C=S) groups is 1. The molecule has 2 aromatic rings. The summed E-state index contributed by atoms with van der Waals surface area (Å²) in [5, 5.41) is 5.61. The Morgan fingerprint density at radius 3 is 2.22 bits per heavy atom. The summed E-state index contributed by atoms with van der Waals surface area (Å²) < 4.78 is 21.2. The Balaban J connectivity index is 1.74. The molecular weight excluding hydrogens is 434 g/mol. The van der Waals surface area contributed by atoms with Gasteiger partial charge in [-0.15, -0.1) is 0 Å². The minimum Gasteiger partial charge on any atom is -0.493 e. The van der Waals surface area contributed by atoms with E-state index in [1.807, 2.05) is 0 Å². The van der Waals surface area contributed by atoms with Gasteiger partial charge in [0.1, 0.15) is 0 Å². The molecule has 2 aromatic carbocycles. The van der Waals surface area contributed by atoms with Gasteiger partial charge in [-0.25, -0.2) is 0 Å². The van der Waals surface area contributed by atoms with Crippen LogP contribution in [0.4, 0.5) is 5.69 Å². The number of para-hydroxylation sites is 1. The van der Waals surface area contributed by atoms with Gasteiger partial charge in [0.05, 0.1) is 45.8 Å². The number of ether oxygens (including phenoxy) is 4. The quantitative estimate of drug-likeness (QED) is 0.635. The SMILES string of the molecule is COc1cc(C(=O)NC(=S)Nc2ccccc2C(=O)N2CCOCC2)cc(OC)c1OC. The van der Waals surface area contributed by atoms with Crippen LogP contribution in [-0.4, -0.2) is 69.5 Å². The Kier molecular flexibility index (Phi) is 7.85. The van der Waals surface area contributed by atoms with Gasteiger partial charge in [0.15, 0.2) is 16.6 Å². The maximum atomic E-state index is 12.9. The van der Waals surface area contributed by atoms with E-state index in [0.717, 1.165) is 0 Å². The van der Waals surface area contributed by atoms with E-state index in [1.165, 1.54) is 33.5 Å². The van der Waals surface area contributed by atoms with Crippen LogP contribution in [0.5, 0.6) is 17.2 Å². The van der Waals surface area contributed by atoms with Gasteiger partial charge in [-0.2, -0.15) is 0 Å². The molecular formula is C22H25N3O6S. The van der Waals surface area contributed by atoms with E-state index in [-0.39, 0.29) is 16.6 Å². The summed E-state index contributed by atoms with van der Waals surface area (Å²) in [6, 6.07) is 10.0. The summed E-state index contributed by atoms with van der Waals surface area (Å²) in [5.74, 6) is 0.464. The van der Waals surface area contributed by atoms with Gasteiger partial charge in [0, 0.05) is 18.7 Å². The largest absolute Gasteiger partial charge is 0.493 e. The highest BCUT2D eigenvalue weighted by Gasteiger charge is 2.22. The molecule has 0 saturated carbocycles. The van der Waals surface area contributed by atoms with Crippen LogP contribution >= 0.6 is 12.2 Å². The highest BCUT2D eigenvalue weighted by Crippen LogP contribution is 2.38. The first-order valence-corrected chi connectivity index (χ1v) is 10.3. The van der Waals surface area contributed by atoms with Crippen LogP contribution in [0.2, 0.25) is 0 Å². The molecule has 0 aromatic heterocycles. The summed E-state index contributed by atoms with van der Waals surface area (Å²) in [5.41, 5.74) is 1.22. The molecule has 1 aliphatic rings. The lowest BCUT2D eigenvalue weighted by molar-refractivity contribution is 0.0303. The molecule has 0 aliphatic carbocycles. The van der Waals surface area contributed by atoms with Crippen molar-refractivity contribution in [3.05, 3.63) is 47.5 Å². The van der Waals surface area contributed by atoms with E-state index in [0.29, 0.717) is 54.8 Å². The number of carbonyl (C=O) groups excluding carboxylic acids is 2. The minimum atomic E-state index is -0.473. The number of anilines is 1. The van der Waals surface area contributed by atoms with Crippen molar-refractivity contribution in [2.45, 2.75) is 0 Å². The van der Waals surface area contributed by atoms with E-state index >= 15 is 0 Å². The molecule has 1 fully saturated rings. The van der Waals surface area contributed by atoms with Crippen LogP contribution in [0.1, 0.15) is 20.7 Å². The second-order valence-electron chi connectivity index (χ2n) is 6.77. The molecule has 0 atom stereocenters. The third kappa shape index (κ3) is 5.27. The van der Waals surface area contributed by atoms with E-state index in [2.05, 4.69) is 10.6 Å². The van der Waals surface area contributed by atoms with Crippen LogP contribution in [0, 0.1) is 0 Å². The van der Waals surface area contributed by atoms with Gasteiger partial charge < -0.3 is 29.2 Å². The fourth-order valence-electron chi connectivity index (χ4n) is 3.26. The van der Waals surface area contributed by atoms with Crippen molar-refractivity contribution in [3.63, 3.8) is 0 Å². The second-order valence-corrected chi connectivity index (χ2v) is 7.18. The summed E-state index contributed by atoms with van der Waals surface area (Å²) in [6.45, 7) is 2.06. The molecule has 9 nitrogen and oxygen atoms in total. The summed E-state index contributed by atoms with van der Waals surface area (Å²) in [6.07, 6.45) is 0. The first-order chi connectivity index (χ1) is 15.5. The Morgan fingerprint density at radius 1 is 1.00 bits per heavy atom. The Labute approximate surface area is 191 Å². The molecule has 0 bridgehead atoms. The smallest absolute Gasteiger partial charge is 0.257 e. The number of morpholine rings is 1.